The summed E-state index contributed by atoms with van der Waals surface area (Å²) in [5.41, 5.74) is 8.27. The van der Waals surface area contributed by atoms with Gasteiger partial charge in [-0.3, -0.25) is 9.58 Å². The molecule has 2 aromatic heterocycles. The number of aromatic nitrogens is 3. The molecule has 0 radical (unpaired) electrons. The van der Waals surface area contributed by atoms with Gasteiger partial charge in [0.2, 0.25) is 0 Å². The topological polar surface area (TPSA) is 78.4 Å². The molecule has 2 N–H and O–H groups in total. The summed E-state index contributed by atoms with van der Waals surface area (Å²) < 4.78 is 50.4. The van der Waals surface area contributed by atoms with Gasteiger partial charge < -0.3 is 15.2 Å². The van der Waals surface area contributed by atoms with Crippen LogP contribution in [0.4, 0.5) is 19.0 Å². The van der Waals surface area contributed by atoms with E-state index in [2.05, 4.69) is 34.5 Å². The number of nitrogens with two attached hydrogens (primary N) is 1. The van der Waals surface area contributed by atoms with Crippen molar-refractivity contribution in [3.05, 3.63) is 24.0 Å². The van der Waals surface area contributed by atoms with Gasteiger partial charge in [0.1, 0.15) is 0 Å². The van der Waals surface area contributed by atoms with Crippen molar-refractivity contribution in [1.82, 2.24) is 19.7 Å². The molecule has 3 fully saturated rings. The number of pyridine rings is 1. The van der Waals surface area contributed by atoms with Gasteiger partial charge in [-0.15, -0.1) is 0 Å². The SMILES string of the molecule is CCC(C)n1nc(-c2cnc(N)c(OCC(F)(F)F)c2)cc1C1[C@H]2CC(N3CCOCC3)C[C@@H]12. The zero-order valence-electron chi connectivity index (χ0n) is 19.6. The van der Waals surface area contributed by atoms with Gasteiger partial charge in [-0.2, -0.15) is 18.3 Å². The Kier molecular flexibility index (Phi) is 6.22. The molecule has 0 bridgehead atoms. The normalized spacial score (nSPS) is 28.0. The van der Waals surface area contributed by atoms with Crippen LogP contribution in [0.25, 0.3) is 11.3 Å². The van der Waals surface area contributed by atoms with Gasteiger partial charge in [-0.25, -0.2) is 4.98 Å². The lowest BCUT2D eigenvalue weighted by Gasteiger charge is -2.33. The van der Waals surface area contributed by atoms with E-state index in [0.29, 0.717) is 35.1 Å². The van der Waals surface area contributed by atoms with E-state index in [-0.39, 0.29) is 17.6 Å². The maximum absolute atomic E-state index is 12.6. The van der Waals surface area contributed by atoms with Gasteiger partial charge in [0.05, 0.1) is 18.9 Å². The van der Waals surface area contributed by atoms with Gasteiger partial charge in [0.15, 0.2) is 18.2 Å². The maximum Gasteiger partial charge on any atom is 0.422 e. The number of anilines is 1. The second-order valence-electron chi connectivity index (χ2n) is 9.79. The third-order valence-electron chi connectivity index (χ3n) is 7.67. The van der Waals surface area contributed by atoms with Crippen LogP contribution in [-0.4, -0.2) is 64.8 Å². The lowest BCUT2D eigenvalue weighted by Crippen LogP contribution is -2.43. The number of rotatable bonds is 7. The number of hydrogen-bond donors (Lipinski definition) is 1. The Morgan fingerprint density at radius 1 is 1.21 bits per heavy atom. The van der Waals surface area contributed by atoms with Gasteiger partial charge >= 0.3 is 6.18 Å². The summed E-state index contributed by atoms with van der Waals surface area (Å²) in [6, 6.07) is 4.45. The van der Waals surface area contributed by atoms with Crippen LogP contribution in [0, 0.1) is 11.8 Å². The van der Waals surface area contributed by atoms with Crippen LogP contribution in [-0.2, 0) is 4.74 Å². The van der Waals surface area contributed by atoms with Crippen LogP contribution in [0.15, 0.2) is 18.3 Å². The van der Waals surface area contributed by atoms with Crippen molar-refractivity contribution in [2.75, 3.05) is 38.6 Å². The van der Waals surface area contributed by atoms with Crippen molar-refractivity contribution < 1.29 is 22.6 Å². The molecule has 0 aromatic carbocycles. The zero-order chi connectivity index (χ0) is 24.0. The van der Waals surface area contributed by atoms with Crippen molar-refractivity contribution in [3.8, 4) is 17.0 Å². The van der Waals surface area contributed by atoms with E-state index < -0.39 is 12.8 Å². The zero-order valence-corrected chi connectivity index (χ0v) is 19.6. The van der Waals surface area contributed by atoms with Crippen molar-refractivity contribution in [2.24, 2.45) is 11.8 Å². The van der Waals surface area contributed by atoms with Crippen LogP contribution in [0.5, 0.6) is 5.75 Å². The fraction of sp³-hybridized carbons (Fsp3) is 0.667. The van der Waals surface area contributed by atoms with Gasteiger partial charge in [-0.05, 0) is 50.2 Å². The Morgan fingerprint density at radius 2 is 1.91 bits per heavy atom. The summed E-state index contributed by atoms with van der Waals surface area (Å²) in [5.74, 6) is 1.66. The summed E-state index contributed by atoms with van der Waals surface area (Å²) in [5, 5.41) is 4.86. The molecule has 0 amide bonds. The standard InChI is InChI=1S/C24H32F3N5O2/c1-3-14(2)32-20(22-17-9-16(10-18(17)22)31-4-6-33-7-5-31)11-19(30-32)15-8-21(23(28)29-12-15)34-13-24(25,26)27/h8,11-12,14,16-18,22H,3-7,9-10,13H2,1-2H3,(H2,28,29)/t14?,16?,17-,18+,22?. The summed E-state index contributed by atoms with van der Waals surface area (Å²) in [7, 11) is 0. The molecule has 2 aliphatic carbocycles. The third kappa shape index (κ3) is 4.62. The van der Waals surface area contributed by atoms with E-state index in [0.717, 1.165) is 32.7 Å². The van der Waals surface area contributed by atoms with Crippen molar-refractivity contribution in [3.63, 3.8) is 0 Å². The predicted molar refractivity (Wildman–Crippen MR) is 122 cm³/mol. The van der Waals surface area contributed by atoms with Crippen LogP contribution in [0.1, 0.15) is 50.8 Å². The lowest BCUT2D eigenvalue weighted by molar-refractivity contribution is -0.153. The monoisotopic (exact) mass is 479 g/mol. The van der Waals surface area contributed by atoms with Crippen LogP contribution in [0.3, 0.4) is 0 Å². The van der Waals surface area contributed by atoms with E-state index in [9.17, 15) is 13.2 Å². The maximum atomic E-state index is 12.6. The number of ether oxygens (including phenoxy) is 2. The predicted octanol–water partition coefficient (Wildman–Crippen LogP) is 4.26. The van der Waals surface area contributed by atoms with Gasteiger partial charge in [-0.1, -0.05) is 6.92 Å². The minimum Gasteiger partial charge on any atom is -0.480 e. The second-order valence-corrected chi connectivity index (χ2v) is 9.79. The van der Waals surface area contributed by atoms with E-state index in [1.807, 2.05) is 0 Å². The first-order valence-electron chi connectivity index (χ1n) is 12.1. The molecular weight excluding hydrogens is 447 g/mol. The fourth-order valence-corrected chi connectivity index (χ4v) is 5.69. The molecule has 0 spiro atoms. The van der Waals surface area contributed by atoms with E-state index in [1.54, 1.807) is 6.20 Å². The fourth-order valence-electron chi connectivity index (χ4n) is 5.69. The highest BCUT2D eigenvalue weighted by Crippen LogP contribution is 2.64. The number of hydrogen-bond acceptors (Lipinski definition) is 6. The Balaban J connectivity index is 1.36. The Morgan fingerprint density at radius 3 is 2.56 bits per heavy atom. The molecule has 5 atom stereocenters. The molecule has 3 unspecified atom stereocenters. The summed E-state index contributed by atoms with van der Waals surface area (Å²) in [6.45, 7) is 6.55. The molecule has 2 aromatic rings. The first kappa shape index (κ1) is 23.4. The van der Waals surface area contributed by atoms with E-state index in [1.165, 1.54) is 24.6 Å². The Labute approximate surface area is 197 Å². The minimum absolute atomic E-state index is 0.0690. The highest BCUT2D eigenvalue weighted by atomic mass is 19.4. The molecular formula is C24H32F3N5O2. The number of alkyl halides is 3. The third-order valence-corrected chi connectivity index (χ3v) is 7.67. The van der Waals surface area contributed by atoms with E-state index >= 15 is 0 Å². The summed E-state index contributed by atoms with van der Waals surface area (Å²) in [4.78, 5) is 6.64. The quantitative estimate of drug-likeness (QED) is 0.639. The first-order chi connectivity index (χ1) is 16.2. The smallest absolute Gasteiger partial charge is 0.422 e. The molecule has 1 aliphatic heterocycles. The van der Waals surface area contributed by atoms with Gasteiger partial charge in [0.25, 0.3) is 0 Å². The molecule has 7 nitrogen and oxygen atoms in total. The van der Waals surface area contributed by atoms with Gasteiger partial charge in [0, 0.05) is 48.5 Å². The molecule has 3 heterocycles. The largest absolute Gasteiger partial charge is 0.480 e. The number of fused-ring (bicyclic) bond motifs is 1. The Bertz CT molecular complexity index is 1010. The highest BCUT2D eigenvalue weighted by molar-refractivity contribution is 5.64. The number of morpholine rings is 1. The summed E-state index contributed by atoms with van der Waals surface area (Å²) in [6.07, 6.45) is 0.443. The second kappa shape index (κ2) is 9.03. The average molecular weight is 480 g/mol. The number of nitrogens with zero attached hydrogens (tertiary/aromatic N) is 4. The molecule has 5 rings (SSSR count). The highest BCUT2D eigenvalue weighted by Gasteiger charge is 2.58. The average Bonchev–Trinajstić information content (AvgIpc) is 3.16. The van der Waals surface area contributed by atoms with Crippen LogP contribution < -0.4 is 10.5 Å². The molecule has 186 valence electrons. The van der Waals surface area contributed by atoms with Crippen LogP contribution >= 0.6 is 0 Å². The molecule has 34 heavy (non-hydrogen) atoms. The first-order valence-corrected chi connectivity index (χ1v) is 12.1. The molecule has 2 saturated carbocycles. The van der Waals surface area contributed by atoms with Crippen molar-refractivity contribution in [1.29, 1.82) is 0 Å². The number of halogens is 3. The number of nitrogen functional groups attached to an aromatic ring is 1. The van der Waals surface area contributed by atoms with Crippen LogP contribution in [0.2, 0.25) is 0 Å². The van der Waals surface area contributed by atoms with E-state index in [4.69, 9.17) is 20.3 Å². The molecule has 3 aliphatic rings. The molecule has 10 heteroatoms. The lowest BCUT2D eigenvalue weighted by atomic mass is 10.0. The van der Waals surface area contributed by atoms with Crippen molar-refractivity contribution in [2.45, 2.75) is 57.3 Å². The van der Waals surface area contributed by atoms with Crippen molar-refractivity contribution >= 4 is 5.82 Å². The molecule has 1 saturated heterocycles. The summed E-state index contributed by atoms with van der Waals surface area (Å²) >= 11 is 0. The minimum atomic E-state index is -4.45. The Hall–Kier alpha value is -2.33.